The van der Waals surface area contributed by atoms with E-state index in [-0.39, 0.29) is 5.41 Å². The number of halogens is 1. The molecule has 1 aromatic carbocycles. The molecule has 1 atom stereocenters. The van der Waals surface area contributed by atoms with Crippen LogP contribution in [0.15, 0.2) is 40.9 Å². The lowest BCUT2D eigenvalue weighted by Crippen LogP contribution is -2.14. The Hall–Kier alpha value is -0.560. The average molecular weight is 237 g/mol. The number of benzene rings is 1. The molecule has 1 aliphatic rings. The zero-order valence-corrected chi connectivity index (χ0v) is 9.34. The molecule has 0 amide bonds. The lowest BCUT2D eigenvalue weighted by atomic mass is 9.82. The zero-order chi connectivity index (χ0) is 9.31. The minimum Gasteiger partial charge on any atom is -0.0876 e. The number of rotatable bonds is 1. The van der Waals surface area contributed by atoms with Crippen LogP contribution in [0.5, 0.6) is 0 Å². The van der Waals surface area contributed by atoms with E-state index in [2.05, 4.69) is 59.3 Å². The van der Waals surface area contributed by atoms with E-state index < -0.39 is 0 Å². The molecule has 0 saturated carbocycles. The molecule has 0 radical (unpaired) electrons. The second-order valence-corrected chi connectivity index (χ2v) is 4.78. The summed E-state index contributed by atoms with van der Waals surface area (Å²) in [5, 5.41) is 0. The van der Waals surface area contributed by atoms with Crippen molar-refractivity contribution in [3.63, 3.8) is 0 Å². The minimum absolute atomic E-state index is 0.278. The first-order valence-corrected chi connectivity index (χ1v) is 5.44. The first-order chi connectivity index (χ1) is 6.21. The van der Waals surface area contributed by atoms with Gasteiger partial charge in [0.1, 0.15) is 0 Å². The summed E-state index contributed by atoms with van der Waals surface area (Å²) in [6, 6.07) is 8.65. The van der Waals surface area contributed by atoms with Gasteiger partial charge < -0.3 is 0 Å². The SMILES string of the molecule is C[C@]1(c2ccc(Br)cc2)C=CCC1. The molecule has 0 saturated heterocycles. The van der Waals surface area contributed by atoms with E-state index in [1.165, 1.54) is 18.4 Å². The van der Waals surface area contributed by atoms with Gasteiger partial charge in [-0.15, -0.1) is 0 Å². The third-order valence-corrected chi connectivity index (χ3v) is 3.35. The highest BCUT2D eigenvalue weighted by molar-refractivity contribution is 9.10. The molecular formula is C12H13Br. The van der Waals surface area contributed by atoms with Crippen molar-refractivity contribution in [2.75, 3.05) is 0 Å². The molecule has 0 bridgehead atoms. The third-order valence-electron chi connectivity index (χ3n) is 2.82. The minimum atomic E-state index is 0.278. The first kappa shape index (κ1) is 9.01. The molecule has 1 aliphatic carbocycles. The molecular weight excluding hydrogens is 224 g/mol. The van der Waals surface area contributed by atoms with Crippen molar-refractivity contribution in [2.45, 2.75) is 25.2 Å². The van der Waals surface area contributed by atoms with Gasteiger partial charge in [-0.25, -0.2) is 0 Å². The maximum atomic E-state index is 3.45. The smallest absolute Gasteiger partial charge is 0.0175 e. The third kappa shape index (κ3) is 1.71. The van der Waals surface area contributed by atoms with Crippen LogP contribution in [-0.4, -0.2) is 0 Å². The van der Waals surface area contributed by atoms with Gasteiger partial charge >= 0.3 is 0 Å². The van der Waals surface area contributed by atoms with E-state index in [1.807, 2.05) is 0 Å². The molecule has 13 heavy (non-hydrogen) atoms. The van der Waals surface area contributed by atoms with Gasteiger partial charge in [-0.05, 0) is 30.5 Å². The maximum absolute atomic E-state index is 3.45. The number of allylic oxidation sites excluding steroid dienone is 2. The lowest BCUT2D eigenvalue weighted by Gasteiger charge is -2.22. The van der Waals surface area contributed by atoms with Crippen LogP contribution < -0.4 is 0 Å². The predicted octanol–water partition coefficient (Wildman–Crippen LogP) is 4.06. The Balaban J connectivity index is 2.35. The highest BCUT2D eigenvalue weighted by atomic mass is 79.9. The first-order valence-electron chi connectivity index (χ1n) is 4.64. The summed E-state index contributed by atoms with van der Waals surface area (Å²) in [6.07, 6.45) is 7.07. The molecule has 0 aromatic heterocycles. The van der Waals surface area contributed by atoms with Crippen molar-refractivity contribution in [3.8, 4) is 0 Å². The Labute approximate surface area is 87.8 Å². The Bertz CT molecular complexity index is 323. The van der Waals surface area contributed by atoms with Gasteiger partial charge in [0.05, 0.1) is 0 Å². The van der Waals surface area contributed by atoms with E-state index in [9.17, 15) is 0 Å². The quantitative estimate of drug-likeness (QED) is 0.646. The normalized spacial score (nSPS) is 26.6. The van der Waals surface area contributed by atoms with Crippen molar-refractivity contribution in [2.24, 2.45) is 0 Å². The fourth-order valence-corrected chi connectivity index (χ4v) is 2.15. The van der Waals surface area contributed by atoms with Gasteiger partial charge in [-0.1, -0.05) is 47.1 Å². The lowest BCUT2D eigenvalue weighted by molar-refractivity contribution is 0.579. The molecule has 0 fully saturated rings. The average Bonchev–Trinajstić information content (AvgIpc) is 2.54. The van der Waals surface area contributed by atoms with Gasteiger partial charge in [-0.3, -0.25) is 0 Å². The highest BCUT2D eigenvalue weighted by Crippen LogP contribution is 2.35. The Morgan fingerprint density at radius 3 is 2.46 bits per heavy atom. The van der Waals surface area contributed by atoms with Crippen molar-refractivity contribution in [3.05, 3.63) is 46.5 Å². The van der Waals surface area contributed by atoms with Gasteiger partial charge in [0.25, 0.3) is 0 Å². The Kier molecular flexibility index (Phi) is 2.29. The molecule has 68 valence electrons. The van der Waals surface area contributed by atoms with Crippen LogP contribution in [0.1, 0.15) is 25.3 Å². The van der Waals surface area contributed by atoms with E-state index in [4.69, 9.17) is 0 Å². The van der Waals surface area contributed by atoms with Gasteiger partial charge in [0, 0.05) is 9.89 Å². The Morgan fingerprint density at radius 1 is 1.23 bits per heavy atom. The summed E-state index contributed by atoms with van der Waals surface area (Å²) in [5.41, 5.74) is 1.70. The van der Waals surface area contributed by atoms with Crippen LogP contribution in [-0.2, 0) is 5.41 Å². The molecule has 0 aliphatic heterocycles. The van der Waals surface area contributed by atoms with Crippen LogP contribution in [0.4, 0.5) is 0 Å². The summed E-state index contributed by atoms with van der Waals surface area (Å²) in [5.74, 6) is 0. The molecule has 0 spiro atoms. The van der Waals surface area contributed by atoms with Crippen molar-refractivity contribution in [1.82, 2.24) is 0 Å². The van der Waals surface area contributed by atoms with E-state index in [0.717, 1.165) is 4.47 Å². The topological polar surface area (TPSA) is 0 Å². The fraction of sp³-hybridized carbons (Fsp3) is 0.333. The second kappa shape index (κ2) is 3.30. The fourth-order valence-electron chi connectivity index (χ4n) is 1.88. The Morgan fingerprint density at radius 2 is 1.92 bits per heavy atom. The predicted molar refractivity (Wildman–Crippen MR) is 59.9 cm³/mol. The van der Waals surface area contributed by atoms with E-state index in [0.29, 0.717) is 0 Å². The number of hydrogen-bond acceptors (Lipinski definition) is 0. The standard InChI is InChI=1S/C12H13Br/c1-12(8-2-3-9-12)10-4-6-11(13)7-5-10/h2,4-8H,3,9H2,1H3/t12-/m0/s1. The maximum Gasteiger partial charge on any atom is 0.0175 e. The number of hydrogen-bond donors (Lipinski definition) is 0. The monoisotopic (exact) mass is 236 g/mol. The highest BCUT2D eigenvalue weighted by Gasteiger charge is 2.25. The van der Waals surface area contributed by atoms with Crippen LogP contribution in [0.25, 0.3) is 0 Å². The van der Waals surface area contributed by atoms with Gasteiger partial charge in [0.2, 0.25) is 0 Å². The molecule has 0 nitrogen and oxygen atoms in total. The summed E-state index contributed by atoms with van der Waals surface area (Å²) >= 11 is 3.45. The van der Waals surface area contributed by atoms with Crippen LogP contribution >= 0.6 is 15.9 Å². The summed E-state index contributed by atoms with van der Waals surface area (Å²) in [4.78, 5) is 0. The molecule has 0 heterocycles. The summed E-state index contributed by atoms with van der Waals surface area (Å²) in [7, 11) is 0. The summed E-state index contributed by atoms with van der Waals surface area (Å²) < 4.78 is 1.15. The van der Waals surface area contributed by atoms with Crippen LogP contribution in [0.3, 0.4) is 0 Å². The molecule has 1 aromatic rings. The molecule has 1 heteroatoms. The van der Waals surface area contributed by atoms with Crippen LogP contribution in [0, 0.1) is 0 Å². The molecule has 0 N–H and O–H groups in total. The zero-order valence-electron chi connectivity index (χ0n) is 7.76. The van der Waals surface area contributed by atoms with Crippen molar-refractivity contribution >= 4 is 15.9 Å². The van der Waals surface area contributed by atoms with E-state index >= 15 is 0 Å². The van der Waals surface area contributed by atoms with E-state index in [1.54, 1.807) is 0 Å². The molecule has 0 unspecified atom stereocenters. The van der Waals surface area contributed by atoms with Gasteiger partial charge in [0.15, 0.2) is 0 Å². The van der Waals surface area contributed by atoms with Crippen LogP contribution in [0.2, 0.25) is 0 Å². The second-order valence-electron chi connectivity index (χ2n) is 3.87. The van der Waals surface area contributed by atoms with Gasteiger partial charge in [-0.2, -0.15) is 0 Å². The molecule has 2 rings (SSSR count). The van der Waals surface area contributed by atoms with Crippen molar-refractivity contribution < 1.29 is 0 Å². The largest absolute Gasteiger partial charge is 0.0876 e. The van der Waals surface area contributed by atoms with Crippen molar-refractivity contribution in [1.29, 1.82) is 0 Å². The summed E-state index contributed by atoms with van der Waals surface area (Å²) in [6.45, 7) is 2.31.